The van der Waals surface area contributed by atoms with Crippen molar-refractivity contribution in [2.24, 2.45) is 0 Å². The number of rotatable bonds is 3. The number of aliphatic hydroxyl groups excluding tert-OH is 1. The minimum absolute atomic E-state index is 0.0707. The van der Waals surface area contributed by atoms with Gasteiger partial charge in [0.2, 0.25) is 0 Å². The van der Waals surface area contributed by atoms with Gasteiger partial charge in [-0.05, 0) is 25.9 Å². The van der Waals surface area contributed by atoms with E-state index in [0.29, 0.717) is 6.04 Å². The van der Waals surface area contributed by atoms with Gasteiger partial charge in [0.05, 0.1) is 6.10 Å². The van der Waals surface area contributed by atoms with Crippen LogP contribution in [0, 0.1) is 0 Å². The van der Waals surface area contributed by atoms with Crippen LogP contribution in [0.2, 0.25) is 0 Å². The van der Waals surface area contributed by atoms with Crippen molar-refractivity contribution in [2.45, 2.75) is 51.7 Å². The van der Waals surface area contributed by atoms with Gasteiger partial charge in [0.15, 0.2) is 0 Å². The Balaban J connectivity index is 2.45. The molecule has 0 unspecified atom stereocenters. The molecule has 0 aromatic carbocycles. The van der Waals surface area contributed by atoms with E-state index >= 15 is 0 Å². The van der Waals surface area contributed by atoms with E-state index in [1.54, 1.807) is 0 Å². The Morgan fingerprint density at radius 2 is 1.75 bits per heavy atom. The van der Waals surface area contributed by atoms with Crippen molar-refractivity contribution in [3.8, 4) is 0 Å². The van der Waals surface area contributed by atoms with E-state index in [0.717, 1.165) is 19.5 Å². The third-order valence-corrected chi connectivity index (χ3v) is 2.98. The Bertz CT molecular complexity index is 123. The van der Waals surface area contributed by atoms with Gasteiger partial charge in [-0.1, -0.05) is 26.7 Å². The molecule has 0 amide bonds. The molecule has 0 spiro atoms. The molecular formula is C10H21NO. The van der Waals surface area contributed by atoms with E-state index in [-0.39, 0.29) is 6.10 Å². The van der Waals surface area contributed by atoms with E-state index < -0.39 is 0 Å². The lowest BCUT2D eigenvalue weighted by Crippen LogP contribution is -2.45. The maximum Gasteiger partial charge on any atom is 0.0695 e. The molecule has 0 aromatic rings. The van der Waals surface area contributed by atoms with E-state index in [1.165, 1.54) is 19.3 Å². The fourth-order valence-electron chi connectivity index (χ4n) is 2.21. The molecule has 0 saturated heterocycles. The molecule has 0 heterocycles. The van der Waals surface area contributed by atoms with Crippen molar-refractivity contribution in [3.05, 3.63) is 0 Å². The summed E-state index contributed by atoms with van der Waals surface area (Å²) in [5.41, 5.74) is 0. The normalized spacial score (nSPS) is 31.0. The molecule has 72 valence electrons. The average Bonchev–Trinajstić information content (AvgIpc) is 2.10. The molecule has 1 rings (SSSR count). The molecular weight excluding hydrogens is 150 g/mol. The molecule has 0 bridgehead atoms. The van der Waals surface area contributed by atoms with Crippen LogP contribution in [-0.4, -0.2) is 35.2 Å². The van der Waals surface area contributed by atoms with Gasteiger partial charge in [-0.3, -0.25) is 4.90 Å². The minimum Gasteiger partial charge on any atom is -0.391 e. The molecule has 2 heteroatoms. The van der Waals surface area contributed by atoms with Gasteiger partial charge in [-0.15, -0.1) is 0 Å². The highest BCUT2D eigenvalue weighted by atomic mass is 16.3. The number of aliphatic hydroxyl groups is 1. The molecule has 0 aliphatic heterocycles. The second kappa shape index (κ2) is 4.83. The molecule has 1 N–H and O–H groups in total. The number of hydrogen-bond acceptors (Lipinski definition) is 2. The highest BCUT2D eigenvalue weighted by molar-refractivity contribution is 4.81. The first-order valence-electron chi connectivity index (χ1n) is 5.21. The highest BCUT2D eigenvalue weighted by Gasteiger charge is 2.26. The molecule has 12 heavy (non-hydrogen) atoms. The summed E-state index contributed by atoms with van der Waals surface area (Å²) in [5, 5.41) is 9.76. The Kier molecular flexibility index (Phi) is 4.02. The lowest BCUT2D eigenvalue weighted by molar-refractivity contribution is 0.0247. The van der Waals surface area contributed by atoms with Gasteiger partial charge in [-0.2, -0.15) is 0 Å². The molecule has 0 radical (unpaired) electrons. The van der Waals surface area contributed by atoms with Crippen molar-refractivity contribution in [1.82, 2.24) is 4.90 Å². The van der Waals surface area contributed by atoms with E-state index in [9.17, 15) is 5.11 Å². The van der Waals surface area contributed by atoms with Gasteiger partial charge in [-0.25, -0.2) is 0 Å². The number of hydrogen-bond donors (Lipinski definition) is 1. The zero-order valence-corrected chi connectivity index (χ0v) is 8.29. The summed E-state index contributed by atoms with van der Waals surface area (Å²) in [4.78, 5) is 2.38. The van der Waals surface area contributed by atoms with E-state index in [1.807, 2.05) is 0 Å². The van der Waals surface area contributed by atoms with Gasteiger partial charge in [0, 0.05) is 6.04 Å². The molecule has 2 atom stereocenters. The summed E-state index contributed by atoms with van der Waals surface area (Å²) >= 11 is 0. The SMILES string of the molecule is CCN(CC)[C@H]1CCCC[C@@H]1O. The standard InChI is InChI=1S/C10H21NO/c1-3-11(4-2)9-7-5-6-8-10(9)12/h9-10,12H,3-8H2,1-2H3/t9-,10-/m0/s1. The van der Waals surface area contributed by atoms with Crippen molar-refractivity contribution >= 4 is 0 Å². The predicted molar refractivity (Wildman–Crippen MR) is 51.2 cm³/mol. The largest absolute Gasteiger partial charge is 0.391 e. The molecule has 0 aromatic heterocycles. The van der Waals surface area contributed by atoms with Gasteiger partial charge < -0.3 is 5.11 Å². The monoisotopic (exact) mass is 171 g/mol. The summed E-state index contributed by atoms with van der Waals surface area (Å²) in [7, 11) is 0. The summed E-state index contributed by atoms with van der Waals surface area (Å²) in [6.45, 7) is 6.48. The third kappa shape index (κ3) is 2.20. The Morgan fingerprint density at radius 1 is 1.17 bits per heavy atom. The van der Waals surface area contributed by atoms with Crippen LogP contribution < -0.4 is 0 Å². The van der Waals surface area contributed by atoms with E-state index in [2.05, 4.69) is 18.7 Å². The van der Waals surface area contributed by atoms with Crippen molar-refractivity contribution in [2.75, 3.05) is 13.1 Å². The molecule has 2 nitrogen and oxygen atoms in total. The smallest absolute Gasteiger partial charge is 0.0695 e. The van der Waals surface area contributed by atoms with Crippen LogP contribution in [0.15, 0.2) is 0 Å². The molecule has 1 aliphatic carbocycles. The lowest BCUT2D eigenvalue weighted by Gasteiger charge is -2.36. The summed E-state index contributed by atoms with van der Waals surface area (Å²) in [5.74, 6) is 0. The quantitative estimate of drug-likeness (QED) is 0.697. The van der Waals surface area contributed by atoms with Crippen LogP contribution in [-0.2, 0) is 0 Å². The molecule has 1 fully saturated rings. The number of likely N-dealkylation sites (N-methyl/N-ethyl adjacent to an activating group) is 1. The fourth-order valence-corrected chi connectivity index (χ4v) is 2.21. The highest BCUT2D eigenvalue weighted by Crippen LogP contribution is 2.22. The zero-order chi connectivity index (χ0) is 8.97. The summed E-state index contributed by atoms with van der Waals surface area (Å²) < 4.78 is 0. The van der Waals surface area contributed by atoms with Crippen LogP contribution in [0.5, 0.6) is 0 Å². The molecule has 1 saturated carbocycles. The first-order chi connectivity index (χ1) is 5.79. The van der Waals surface area contributed by atoms with Gasteiger partial charge >= 0.3 is 0 Å². The van der Waals surface area contributed by atoms with Crippen LogP contribution in [0.25, 0.3) is 0 Å². The van der Waals surface area contributed by atoms with E-state index in [4.69, 9.17) is 0 Å². The van der Waals surface area contributed by atoms with Crippen LogP contribution in [0.4, 0.5) is 0 Å². The zero-order valence-electron chi connectivity index (χ0n) is 8.29. The topological polar surface area (TPSA) is 23.5 Å². The first kappa shape index (κ1) is 10.0. The van der Waals surface area contributed by atoms with Crippen molar-refractivity contribution in [1.29, 1.82) is 0 Å². The van der Waals surface area contributed by atoms with Crippen LogP contribution in [0.1, 0.15) is 39.5 Å². The van der Waals surface area contributed by atoms with Crippen molar-refractivity contribution in [3.63, 3.8) is 0 Å². The Morgan fingerprint density at radius 3 is 2.25 bits per heavy atom. The maximum atomic E-state index is 9.76. The Hall–Kier alpha value is -0.0800. The lowest BCUT2D eigenvalue weighted by atomic mass is 9.91. The van der Waals surface area contributed by atoms with Crippen LogP contribution in [0.3, 0.4) is 0 Å². The summed E-state index contributed by atoms with van der Waals surface area (Å²) in [6, 6.07) is 0.439. The second-order valence-electron chi connectivity index (χ2n) is 3.64. The third-order valence-electron chi connectivity index (χ3n) is 2.98. The van der Waals surface area contributed by atoms with Gasteiger partial charge in [0.25, 0.3) is 0 Å². The maximum absolute atomic E-state index is 9.76. The average molecular weight is 171 g/mol. The summed E-state index contributed by atoms with van der Waals surface area (Å²) in [6.07, 6.45) is 4.61. The number of nitrogens with zero attached hydrogens (tertiary/aromatic N) is 1. The fraction of sp³-hybridized carbons (Fsp3) is 1.00. The van der Waals surface area contributed by atoms with Crippen molar-refractivity contribution < 1.29 is 5.11 Å². The second-order valence-corrected chi connectivity index (χ2v) is 3.64. The van der Waals surface area contributed by atoms with Crippen LogP contribution >= 0.6 is 0 Å². The molecule has 1 aliphatic rings. The Labute approximate surface area is 75.6 Å². The first-order valence-corrected chi connectivity index (χ1v) is 5.21. The van der Waals surface area contributed by atoms with Gasteiger partial charge in [0.1, 0.15) is 0 Å². The predicted octanol–water partition coefficient (Wildman–Crippen LogP) is 1.63. The minimum atomic E-state index is -0.0707.